The number of carbonyl (C=O) groups is 2. The van der Waals surface area contributed by atoms with Gasteiger partial charge in [0.25, 0.3) is 0 Å². The highest BCUT2D eigenvalue weighted by atomic mass is 79.9. The number of esters is 1. The number of ether oxygens (including phenoxy) is 1. The summed E-state index contributed by atoms with van der Waals surface area (Å²) in [5.74, 6) is 1.85. The number of carbonyl (C=O) groups excluding carboxylic acids is 2. The van der Waals surface area contributed by atoms with Gasteiger partial charge in [0.05, 0.1) is 17.9 Å². The third-order valence-electron chi connectivity index (χ3n) is 9.00. The fourth-order valence-electron chi connectivity index (χ4n) is 7.11. The van der Waals surface area contributed by atoms with Crippen molar-refractivity contribution in [3.8, 4) is 0 Å². The van der Waals surface area contributed by atoms with Crippen molar-refractivity contribution in [1.29, 1.82) is 0 Å². The van der Waals surface area contributed by atoms with Crippen molar-refractivity contribution in [2.75, 3.05) is 19.0 Å². The van der Waals surface area contributed by atoms with Crippen molar-refractivity contribution < 1.29 is 14.3 Å². The number of fused-ring (bicyclic) bond motifs is 2. The SMILES string of the molecule is CN1C2CC[C@@H]1C[C@H](C1CCC(Cl)CC1)C2C(=O)OCCC1CCC(NC(=O)CBr)CC1. The average Bonchev–Trinajstić information content (AvgIpc) is 3.02. The molecule has 0 spiro atoms. The number of nitrogens with one attached hydrogen (secondary N) is 1. The lowest BCUT2D eigenvalue weighted by Crippen LogP contribution is -2.52. The minimum Gasteiger partial charge on any atom is -0.465 e. The van der Waals surface area contributed by atoms with E-state index in [2.05, 4.69) is 33.2 Å². The number of amides is 1. The predicted molar refractivity (Wildman–Crippen MR) is 131 cm³/mol. The molecular formula is C25H40BrClN2O3. The van der Waals surface area contributed by atoms with Gasteiger partial charge in [-0.15, -0.1) is 11.6 Å². The first-order valence-corrected chi connectivity index (χ1v) is 14.4. The number of hydrogen-bond acceptors (Lipinski definition) is 4. The van der Waals surface area contributed by atoms with Crippen LogP contribution in [0, 0.1) is 23.7 Å². The monoisotopic (exact) mass is 530 g/mol. The molecule has 4 rings (SSSR count). The van der Waals surface area contributed by atoms with E-state index in [4.69, 9.17) is 16.3 Å². The molecule has 2 heterocycles. The number of rotatable bonds is 7. The Hall–Kier alpha value is -0.330. The second-order valence-electron chi connectivity index (χ2n) is 10.8. The summed E-state index contributed by atoms with van der Waals surface area (Å²) in [6, 6.07) is 1.30. The zero-order valence-corrected chi connectivity index (χ0v) is 21.8. The van der Waals surface area contributed by atoms with Gasteiger partial charge in [0.2, 0.25) is 5.91 Å². The highest BCUT2D eigenvalue weighted by molar-refractivity contribution is 9.09. The molecule has 4 aliphatic rings. The molecule has 32 heavy (non-hydrogen) atoms. The highest BCUT2D eigenvalue weighted by Crippen LogP contribution is 2.48. The van der Waals surface area contributed by atoms with E-state index < -0.39 is 0 Å². The summed E-state index contributed by atoms with van der Waals surface area (Å²) >= 11 is 9.59. The number of piperidine rings is 1. The summed E-state index contributed by atoms with van der Waals surface area (Å²) in [6.45, 7) is 0.541. The van der Waals surface area contributed by atoms with Gasteiger partial charge in [0.15, 0.2) is 0 Å². The lowest BCUT2D eigenvalue weighted by Gasteiger charge is -2.46. The molecular weight excluding hydrogens is 492 g/mol. The maximum absolute atomic E-state index is 13.4. The summed E-state index contributed by atoms with van der Waals surface area (Å²) in [4.78, 5) is 27.4. The Morgan fingerprint density at radius 3 is 2.44 bits per heavy atom. The van der Waals surface area contributed by atoms with Crippen LogP contribution in [0.25, 0.3) is 0 Å². The van der Waals surface area contributed by atoms with E-state index in [9.17, 15) is 9.59 Å². The standard InChI is InChI=1S/C25H40BrClN2O3/c1-29-20-10-11-22(29)24(21(14-20)17-4-6-18(27)7-5-17)25(31)32-13-12-16-2-8-19(9-3-16)28-23(30)15-26/h16-22,24H,2-15H2,1H3,(H,28,30)/t16?,17?,18?,19?,20-,21-,22?,24?/m1/s1. The Balaban J connectivity index is 1.27. The van der Waals surface area contributed by atoms with Crippen LogP contribution < -0.4 is 5.32 Å². The van der Waals surface area contributed by atoms with E-state index in [1.165, 1.54) is 19.3 Å². The molecule has 2 saturated carbocycles. The van der Waals surface area contributed by atoms with E-state index in [1.54, 1.807) is 0 Å². The van der Waals surface area contributed by atoms with Crippen LogP contribution in [0.4, 0.5) is 0 Å². The van der Waals surface area contributed by atoms with Crippen molar-refractivity contribution >= 4 is 39.4 Å². The van der Waals surface area contributed by atoms with E-state index >= 15 is 0 Å². The molecule has 2 aliphatic heterocycles. The molecule has 4 fully saturated rings. The molecule has 0 aromatic rings. The van der Waals surface area contributed by atoms with Gasteiger partial charge >= 0.3 is 5.97 Å². The van der Waals surface area contributed by atoms with E-state index in [0.717, 1.165) is 57.8 Å². The molecule has 0 aromatic carbocycles. The van der Waals surface area contributed by atoms with Gasteiger partial charge in [-0.25, -0.2) is 0 Å². The molecule has 1 N–H and O–H groups in total. The molecule has 7 heteroatoms. The Labute approximate surface area is 206 Å². The second-order valence-corrected chi connectivity index (χ2v) is 12.0. The molecule has 2 saturated heterocycles. The van der Waals surface area contributed by atoms with Crippen LogP contribution in [-0.2, 0) is 14.3 Å². The van der Waals surface area contributed by atoms with Gasteiger partial charge in [-0.2, -0.15) is 0 Å². The number of nitrogens with zero attached hydrogens (tertiary/aromatic N) is 1. The number of halogens is 2. The first-order valence-electron chi connectivity index (χ1n) is 12.8. The molecule has 1 amide bonds. The van der Waals surface area contributed by atoms with Gasteiger partial charge in [-0.1, -0.05) is 15.9 Å². The Bertz CT molecular complexity index is 649. The number of alkyl halides is 2. The van der Waals surface area contributed by atoms with Crippen LogP contribution in [-0.4, -0.2) is 59.3 Å². The van der Waals surface area contributed by atoms with Crippen molar-refractivity contribution in [1.82, 2.24) is 10.2 Å². The molecule has 2 bridgehead atoms. The molecule has 2 aliphatic carbocycles. The third kappa shape index (κ3) is 5.83. The highest BCUT2D eigenvalue weighted by Gasteiger charge is 2.51. The van der Waals surface area contributed by atoms with Gasteiger partial charge < -0.3 is 10.1 Å². The third-order valence-corrected chi connectivity index (χ3v) is 9.94. The topological polar surface area (TPSA) is 58.6 Å². The molecule has 0 radical (unpaired) electrons. The minimum atomic E-state index is 0.0332. The zero-order valence-electron chi connectivity index (χ0n) is 19.4. The molecule has 4 atom stereocenters. The number of hydrogen-bond donors (Lipinski definition) is 1. The normalized spacial score (nSPS) is 40.1. The van der Waals surface area contributed by atoms with Crippen LogP contribution in [0.3, 0.4) is 0 Å². The van der Waals surface area contributed by atoms with Gasteiger partial charge in [0, 0.05) is 23.5 Å². The first-order chi connectivity index (χ1) is 15.5. The molecule has 2 unspecified atom stereocenters. The maximum atomic E-state index is 13.4. The largest absolute Gasteiger partial charge is 0.465 e. The maximum Gasteiger partial charge on any atom is 0.310 e. The van der Waals surface area contributed by atoms with Crippen LogP contribution in [0.1, 0.15) is 77.0 Å². The first kappa shape index (κ1) is 24.8. The van der Waals surface area contributed by atoms with Gasteiger partial charge in [0.1, 0.15) is 0 Å². The lowest BCUT2D eigenvalue weighted by atomic mass is 9.68. The summed E-state index contributed by atoms with van der Waals surface area (Å²) in [5, 5.41) is 3.77. The molecule has 182 valence electrons. The summed E-state index contributed by atoms with van der Waals surface area (Å²) in [7, 11) is 2.21. The predicted octanol–water partition coefficient (Wildman–Crippen LogP) is 4.89. The average molecular weight is 532 g/mol. The minimum absolute atomic E-state index is 0.0332. The van der Waals surface area contributed by atoms with E-state index in [-0.39, 0.29) is 17.8 Å². The van der Waals surface area contributed by atoms with Crippen LogP contribution in [0.2, 0.25) is 0 Å². The molecule has 0 aromatic heterocycles. The van der Waals surface area contributed by atoms with Crippen molar-refractivity contribution in [2.24, 2.45) is 23.7 Å². The van der Waals surface area contributed by atoms with Crippen LogP contribution >= 0.6 is 27.5 Å². The fraction of sp³-hybridized carbons (Fsp3) is 0.920. The summed E-state index contributed by atoms with van der Waals surface area (Å²) in [5.41, 5.74) is 0. The van der Waals surface area contributed by atoms with Crippen LogP contribution in [0.15, 0.2) is 0 Å². The second kappa shape index (κ2) is 11.4. The summed E-state index contributed by atoms with van der Waals surface area (Å²) in [6.07, 6.45) is 13.2. The van der Waals surface area contributed by atoms with Crippen LogP contribution in [0.5, 0.6) is 0 Å². The Morgan fingerprint density at radius 1 is 1.03 bits per heavy atom. The molecule has 5 nitrogen and oxygen atoms in total. The Morgan fingerprint density at radius 2 is 1.75 bits per heavy atom. The van der Waals surface area contributed by atoms with Gasteiger partial charge in [-0.05, 0) is 102 Å². The van der Waals surface area contributed by atoms with E-state index in [0.29, 0.717) is 53.2 Å². The Kier molecular flexibility index (Phi) is 8.83. The van der Waals surface area contributed by atoms with Crippen molar-refractivity contribution in [3.05, 3.63) is 0 Å². The van der Waals surface area contributed by atoms with Gasteiger partial charge in [-0.3, -0.25) is 14.5 Å². The van der Waals surface area contributed by atoms with E-state index in [1.807, 2.05) is 0 Å². The lowest BCUT2D eigenvalue weighted by molar-refractivity contribution is -0.157. The van der Waals surface area contributed by atoms with Crippen molar-refractivity contribution in [3.63, 3.8) is 0 Å². The smallest absolute Gasteiger partial charge is 0.310 e. The van der Waals surface area contributed by atoms with Crippen molar-refractivity contribution in [2.45, 2.75) is 101 Å². The summed E-state index contributed by atoms with van der Waals surface area (Å²) < 4.78 is 5.97. The quantitative estimate of drug-likeness (QED) is 0.375. The fourth-order valence-corrected chi connectivity index (χ4v) is 7.53. The zero-order chi connectivity index (χ0) is 22.7.